The Bertz CT molecular complexity index is 1040. The second-order valence-electron chi connectivity index (χ2n) is 6.44. The maximum absolute atomic E-state index is 13.2. The van der Waals surface area contributed by atoms with Crippen molar-refractivity contribution in [3.8, 4) is 6.07 Å². The predicted molar refractivity (Wildman–Crippen MR) is 103 cm³/mol. The van der Waals surface area contributed by atoms with E-state index in [1.165, 1.54) is 42.5 Å². The molecule has 3 rings (SSSR count). The summed E-state index contributed by atoms with van der Waals surface area (Å²) in [5.41, 5.74) is -0.346. The summed E-state index contributed by atoms with van der Waals surface area (Å²) in [5.74, 6) is -1.67. The van der Waals surface area contributed by atoms with Gasteiger partial charge in [0.2, 0.25) is 5.91 Å². The van der Waals surface area contributed by atoms with Crippen molar-refractivity contribution in [3.05, 3.63) is 64.4 Å². The van der Waals surface area contributed by atoms with Crippen LogP contribution < -0.4 is 10.6 Å². The van der Waals surface area contributed by atoms with Crippen molar-refractivity contribution >= 4 is 35.1 Å². The number of hydrogen-bond acceptors (Lipinski definition) is 4. The first-order chi connectivity index (χ1) is 13.8. The highest BCUT2D eigenvalue weighted by atomic mass is 35.5. The average Bonchev–Trinajstić information content (AvgIpc) is 2.94. The summed E-state index contributed by atoms with van der Waals surface area (Å²) >= 11 is 5.94. The van der Waals surface area contributed by atoms with Crippen LogP contribution in [-0.2, 0) is 15.1 Å². The lowest BCUT2D eigenvalue weighted by Gasteiger charge is -2.25. The van der Waals surface area contributed by atoms with Gasteiger partial charge in [0.1, 0.15) is 24.0 Å². The smallest absolute Gasteiger partial charge is 0.324 e. The molecule has 0 spiro atoms. The molecule has 9 heteroatoms. The first kappa shape index (κ1) is 20.3. The number of anilines is 1. The minimum atomic E-state index is -1.36. The summed E-state index contributed by atoms with van der Waals surface area (Å²) in [4.78, 5) is 38.6. The zero-order valence-electron chi connectivity index (χ0n) is 15.3. The van der Waals surface area contributed by atoms with E-state index in [-0.39, 0.29) is 17.0 Å². The van der Waals surface area contributed by atoms with E-state index < -0.39 is 35.7 Å². The van der Waals surface area contributed by atoms with Crippen LogP contribution in [-0.4, -0.2) is 29.3 Å². The van der Waals surface area contributed by atoms with Crippen LogP contribution in [0.5, 0.6) is 0 Å². The maximum Gasteiger partial charge on any atom is 0.325 e. The van der Waals surface area contributed by atoms with E-state index in [9.17, 15) is 18.8 Å². The first-order valence-corrected chi connectivity index (χ1v) is 9.08. The van der Waals surface area contributed by atoms with Gasteiger partial charge in [0.15, 0.2) is 0 Å². The van der Waals surface area contributed by atoms with Gasteiger partial charge in [-0.3, -0.25) is 14.5 Å². The average molecular weight is 415 g/mol. The number of halogens is 2. The Balaban J connectivity index is 1.77. The molecule has 0 saturated carbocycles. The van der Waals surface area contributed by atoms with E-state index >= 15 is 0 Å². The molecule has 1 aliphatic heterocycles. The number of nitrogens with one attached hydrogen (secondary N) is 2. The quantitative estimate of drug-likeness (QED) is 0.733. The SMILES string of the molecule is CC[C@]1(c2ccc(F)cc2)NC(=O)N(CC(=O)Nc2ccc(C#N)c(Cl)c2)C1=O. The molecule has 1 saturated heterocycles. The van der Waals surface area contributed by atoms with Gasteiger partial charge < -0.3 is 10.6 Å². The lowest BCUT2D eigenvalue weighted by atomic mass is 9.87. The molecular weight excluding hydrogens is 399 g/mol. The van der Waals surface area contributed by atoms with Crippen molar-refractivity contribution in [1.29, 1.82) is 5.26 Å². The number of amides is 4. The van der Waals surface area contributed by atoms with Crippen LogP contribution in [0.15, 0.2) is 42.5 Å². The van der Waals surface area contributed by atoms with Crippen LogP contribution in [0.3, 0.4) is 0 Å². The fourth-order valence-electron chi connectivity index (χ4n) is 3.17. The number of urea groups is 1. The molecule has 1 aliphatic rings. The number of carbonyl (C=O) groups excluding carboxylic acids is 3. The number of hydrogen-bond donors (Lipinski definition) is 2. The van der Waals surface area contributed by atoms with Gasteiger partial charge >= 0.3 is 6.03 Å². The minimum absolute atomic E-state index is 0.168. The zero-order chi connectivity index (χ0) is 21.2. The summed E-state index contributed by atoms with van der Waals surface area (Å²) < 4.78 is 13.2. The van der Waals surface area contributed by atoms with E-state index in [4.69, 9.17) is 16.9 Å². The van der Waals surface area contributed by atoms with Gasteiger partial charge in [-0.15, -0.1) is 0 Å². The molecule has 1 atom stereocenters. The maximum atomic E-state index is 13.2. The van der Waals surface area contributed by atoms with Gasteiger partial charge in [-0.05, 0) is 42.3 Å². The van der Waals surface area contributed by atoms with Crippen LogP contribution in [0.4, 0.5) is 14.9 Å². The molecule has 2 aromatic carbocycles. The largest absolute Gasteiger partial charge is 0.325 e. The second-order valence-corrected chi connectivity index (χ2v) is 6.85. The molecule has 1 heterocycles. The highest BCUT2D eigenvalue weighted by Crippen LogP contribution is 2.32. The van der Waals surface area contributed by atoms with E-state index in [1.54, 1.807) is 6.92 Å². The summed E-state index contributed by atoms with van der Waals surface area (Å²) in [5, 5.41) is 14.2. The third-order valence-corrected chi connectivity index (χ3v) is 5.03. The number of carbonyl (C=O) groups is 3. The van der Waals surface area contributed by atoms with Crippen molar-refractivity contribution in [2.75, 3.05) is 11.9 Å². The summed E-state index contributed by atoms with van der Waals surface area (Å²) in [7, 11) is 0. The molecule has 0 aliphatic carbocycles. The highest BCUT2D eigenvalue weighted by molar-refractivity contribution is 6.32. The Morgan fingerprint density at radius 1 is 1.28 bits per heavy atom. The first-order valence-electron chi connectivity index (χ1n) is 8.70. The Labute approximate surface area is 171 Å². The molecule has 2 aromatic rings. The molecule has 2 N–H and O–H groups in total. The van der Waals surface area contributed by atoms with E-state index in [0.29, 0.717) is 11.3 Å². The van der Waals surface area contributed by atoms with Gasteiger partial charge in [-0.1, -0.05) is 30.7 Å². The van der Waals surface area contributed by atoms with Gasteiger partial charge in [0.25, 0.3) is 5.91 Å². The molecule has 4 amide bonds. The number of imide groups is 1. The molecule has 29 heavy (non-hydrogen) atoms. The number of benzene rings is 2. The fourth-order valence-corrected chi connectivity index (χ4v) is 3.39. The zero-order valence-corrected chi connectivity index (χ0v) is 16.1. The Hall–Kier alpha value is -3.44. The van der Waals surface area contributed by atoms with E-state index in [1.807, 2.05) is 6.07 Å². The van der Waals surface area contributed by atoms with Crippen LogP contribution in [0.1, 0.15) is 24.5 Å². The monoisotopic (exact) mass is 414 g/mol. The molecule has 148 valence electrons. The number of rotatable bonds is 5. The lowest BCUT2D eigenvalue weighted by Crippen LogP contribution is -2.44. The van der Waals surface area contributed by atoms with Crippen LogP contribution >= 0.6 is 11.6 Å². The van der Waals surface area contributed by atoms with Crippen LogP contribution in [0.25, 0.3) is 0 Å². The summed E-state index contributed by atoms with van der Waals surface area (Å²) in [6.07, 6.45) is 0.229. The molecule has 0 bridgehead atoms. The summed E-state index contributed by atoms with van der Waals surface area (Å²) in [6.45, 7) is 1.20. The van der Waals surface area contributed by atoms with Gasteiger partial charge in [-0.2, -0.15) is 5.26 Å². The minimum Gasteiger partial charge on any atom is -0.324 e. The molecule has 0 radical (unpaired) electrons. The third-order valence-electron chi connectivity index (χ3n) is 4.72. The van der Waals surface area contributed by atoms with Crippen LogP contribution in [0, 0.1) is 17.1 Å². The Morgan fingerprint density at radius 3 is 2.55 bits per heavy atom. The Kier molecular flexibility index (Phi) is 5.52. The molecular formula is C20H16ClFN4O3. The summed E-state index contributed by atoms with van der Waals surface area (Å²) in [6, 6.07) is 10.8. The van der Waals surface area contributed by atoms with Crippen molar-refractivity contribution in [3.63, 3.8) is 0 Å². The molecule has 0 unspecified atom stereocenters. The molecule has 1 fully saturated rings. The highest BCUT2D eigenvalue weighted by Gasteiger charge is 2.51. The topological polar surface area (TPSA) is 102 Å². The van der Waals surface area contributed by atoms with E-state index in [2.05, 4.69) is 10.6 Å². The number of nitrogens with zero attached hydrogens (tertiary/aromatic N) is 2. The third kappa shape index (κ3) is 3.77. The number of nitriles is 1. The van der Waals surface area contributed by atoms with Crippen LogP contribution in [0.2, 0.25) is 5.02 Å². The lowest BCUT2D eigenvalue weighted by molar-refractivity contribution is -0.134. The predicted octanol–water partition coefficient (Wildman–Crippen LogP) is 3.15. The van der Waals surface area contributed by atoms with Crippen molar-refractivity contribution < 1.29 is 18.8 Å². The van der Waals surface area contributed by atoms with Gasteiger partial charge in [0.05, 0.1) is 10.6 Å². The van der Waals surface area contributed by atoms with E-state index in [0.717, 1.165) is 4.90 Å². The van der Waals surface area contributed by atoms with Gasteiger partial charge in [-0.25, -0.2) is 9.18 Å². The second kappa shape index (κ2) is 7.89. The normalized spacial score (nSPS) is 18.3. The van der Waals surface area contributed by atoms with Crippen molar-refractivity contribution in [2.24, 2.45) is 0 Å². The molecule has 7 nitrogen and oxygen atoms in total. The standard InChI is InChI=1S/C20H16ClFN4O3/c1-2-20(13-4-6-14(22)7-5-13)18(28)26(19(29)25-20)11-17(27)24-15-8-3-12(10-23)16(21)9-15/h3-9H,2,11H2,1H3,(H,24,27)(H,25,29)/t20-/m1/s1. The van der Waals surface area contributed by atoms with Crippen molar-refractivity contribution in [1.82, 2.24) is 10.2 Å². The fraction of sp³-hybridized carbons (Fsp3) is 0.200. The molecule has 0 aromatic heterocycles. The van der Waals surface area contributed by atoms with Crippen molar-refractivity contribution in [2.45, 2.75) is 18.9 Å². The Morgan fingerprint density at radius 2 is 1.97 bits per heavy atom. The van der Waals surface area contributed by atoms with Gasteiger partial charge in [0, 0.05) is 5.69 Å².